The number of carbonyl (C=O) groups excluding carboxylic acids is 1. The van der Waals surface area contributed by atoms with Gasteiger partial charge >= 0.3 is 0 Å². The molecule has 0 atom stereocenters. The number of benzene rings is 1. The lowest BCUT2D eigenvalue weighted by atomic mass is 10.2. The summed E-state index contributed by atoms with van der Waals surface area (Å²) in [7, 11) is 0. The predicted molar refractivity (Wildman–Crippen MR) is 120 cm³/mol. The Labute approximate surface area is 180 Å². The molecule has 1 aliphatic rings. The fourth-order valence-electron chi connectivity index (χ4n) is 4.36. The van der Waals surface area contributed by atoms with Gasteiger partial charge in [-0.25, -0.2) is 4.98 Å². The summed E-state index contributed by atoms with van der Waals surface area (Å²) < 4.78 is 3.64. The molecule has 158 valence electrons. The van der Waals surface area contributed by atoms with E-state index in [4.69, 9.17) is 0 Å². The van der Waals surface area contributed by atoms with Gasteiger partial charge in [0.15, 0.2) is 0 Å². The first-order valence-corrected chi connectivity index (χ1v) is 10.6. The highest BCUT2D eigenvalue weighted by Crippen LogP contribution is 2.19. The van der Waals surface area contributed by atoms with Crippen LogP contribution < -0.4 is 5.56 Å². The molecule has 4 heterocycles. The van der Waals surface area contributed by atoms with Crippen molar-refractivity contribution in [1.82, 2.24) is 23.8 Å². The monoisotopic (exact) mass is 415 g/mol. The maximum absolute atomic E-state index is 12.9. The summed E-state index contributed by atoms with van der Waals surface area (Å²) in [4.78, 5) is 34.1. The Hall–Kier alpha value is -3.45. The van der Waals surface area contributed by atoms with Crippen molar-refractivity contribution in [3.63, 3.8) is 0 Å². The van der Waals surface area contributed by atoms with Crippen molar-refractivity contribution in [1.29, 1.82) is 0 Å². The van der Waals surface area contributed by atoms with E-state index in [1.165, 1.54) is 0 Å². The molecule has 0 radical (unpaired) electrons. The third-order valence-corrected chi connectivity index (χ3v) is 6.05. The molecule has 1 amide bonds. The van der Waals surface area contributed by atoms with Crippen LogP contribution in [0.4, 0.5) is 0 Å². The number of rotatable bonds is 4. The van der Waals surface area contributed by atoms with Crippen molar-refractivity contribution in [2.24, 2.45) is 0 Å². The molecular formula is C24H25N5O2. The highest BCUT2D eigenvalue weighted by Gasteiger charge is 2.22. The van der Waals surface area contributed by atoms with E-state index >= 15 is 0 Å². The highest BCUT2D eigenvalue weighted by atomic mass is 16.2. The van der Waals surface area contributed by atoms with E-state index in [-0.39, 0.29) is 11.5 Å². The molecule has 7 heteroatoms. The molecule has 0 N–H and O–H groups in total. The van der Waals surface area contributed by atoms with Crippen LogP contribution in [-0.4, -0.2) is 55.8 Å². The normalized spacial score (nSPS) is 15.1. The van der Waals surface area contributed by atoms with Gasteiger partial charge in [0, 0.05) is 56.2 Å². The molecule has 4 aromatic rings. The number of nitrogens with zero attached hydrogens (tertiary/aromatic N) is 5. The number of aryl methyl sites for hydroxylation is 1. The molecule has 0 spiro atoms. The first kappa shape index (κ1) is 19.5. The Balaban J connectivity index is 1.23. The largest absolute Gasteiger partial charge is 0.339 e. The summed E-state index contributed by atoms with van der Waals surface area (Å²) in [6, 6.07) is 17.4. The minimum absolute atomic E-state index is 0.0660. The number of piperazine rings is 1. The van der Waals surface area contributed by atoms with E-state index < -0.39 is 0 Å². The van der Waals surface area contributed by atoms with Crippen LogP contribution in [-0.2, 0) is 17.9 Å². The van der Waals surface area contributed by atoms with Crippen LogP contribution in [0.5, 0.6) is 0 Å². The number of carbonyl (C=O) groups is 1. The van der Waals surface area contributed by atoms with E-state index in [0.717, 1.165) is 35.4 Å². The second-order valence-corrected chi connectivity index (χ2v) is 8.10. The zero-order valence-corrected chi connectivity index (χ0v) is 17.6. The maximum Gasteiger partial charge on any atom is 0.258 e. The average molecular weight is 415 g/mol. The van der Waals surface area contributed by atoms with Gasteiger partial charge in [-0.3, -0.25) is 18.9 Å². The molecule has 31 heavy (non-hydrogen) atoms. The molecule has 1 saturated heterocycles. The predicted octanol–water partition coefficient (Wildman–Crippen LogP) is 2.30. The average Bonchev–Trinajstić information content (AvgIpc) is 3.09. The molecule has 1 fully saturated rings. The van der Waals surface area contributed by atoms with Crippen molar-refractivity contribution in [2.75, 3.05) is 26.2 Å². The lowest BCUT2D eigenvalue weighted by Crippen LogP contribution is -2.49. The lowest BCUT2D eigenvalue weighted by molar-refractivity contribution is -0.133. The van der Waals surface area contributed by atoms with Gasteiger partial charge in [0.05, 0.1) is 5.69 Å². The quantitative estimate of drug-likeness (QED) is 0.513. The van der Waals surface area contributed by atoms with Crippen molar-refractivity contribution in [3.8, 4) is 0 Å². The van der Waals surface area contributed by atoms with Gasteiger partial charge in [0.1, 0.15) is 12.2 Å². The van der Waals surface area contributed by atoms with Gasteiger partial charge in [-0.15, -0.1) is 0 Å². The Morgan fingerprint density at radius 3 is 2.61 bits per heavy atom. The van der Waals surface area contributed by atoms with Gasteiger partial charge in [-0.2, -0.15) is 0 Å². The Morgan fingerprint density at radius 1 is 1.00 bits per heavy atom. The summed E-state index contributed by atoms with van der Waals surface area (Å²) in [5.41, 5.74) is 3.56. The van der Waals surface area contributed by atoms with Gasteiger partial charge in [-0.1, -0.05) is 24.3 Å². The van der Waals surface area contributed by atoms with Crippen LogP contribution in [0.2, 0.25) is 0 Å². The summed E-state index contributed by atoms with van der Waals surface area (Å²) >= 11 is 0. The molecule has 5 rings (SSSR count). The van der Waals surface area contributed by atoms with E-state index in [1.54, 1.807) is 16.7 Å². The van der Waals surface area contributed by atoms with Crippen LogP contribution in [0.3, 0.4) is 0 Å². The van der Waals surface area contributed by atoms with Crippen molar-refractivity contribution in [2.45, 2.75) is 20.0 Å². The molecule has 0 bridgehead atoms. The number of fused-ring (bicyclic) bond motifs is 2. The van der Waals surface area contributed by atoms with E-state index in [9.17, 15) is 9.59 Å². The van der Waals surface area contributed by atoms with Crippen LogP contribution in [0.1, 0.15) is 11.4 Å². The van der Waals surface area contributed by atoms with E-state index in [2.05, 4.69) is 32.7 Å². The smallest absolute Gasteiger partial charge is 0.258 e. The maximum atomic E-state index is 12.9. The molecular weight excluding hydrogens is 390 g/mol. The number of aromatic nitrogens is 3. The topological polar surface area (TPSA) is 62.9 Å². The van der Waals surface area contributed by atoms with E-state index in [0.29, 0.717) is 31.8 Å². The second kappa shape index (κ2) is 8.00. The fraction of sp³-hybridized carbons (Fsp3) is 0.292. The van der Waals surface area contributed by atoms with Gasteiger partial charge < -0.3 is 9.47 Å². The third-order valence-electron chi connectivity index (χ3n) is 6.05. The molecule has 0 saturated carbocycles. The Bertz CT molecular complexity index is 1310. The number of para-hydroxylation sites is 1. The fourth-order valence-corrected chi connectivity index (χ4v) is 4.36. The van der Waals surface area contributed by atoms with Crippen LogP contribution in [0, 0.1) is 6.92 Å². The number of hydrogen-bond acceptors (Lipinski definition) is 4. The SMILES string of the molecule is Cc1cc2ccccc2n1CC(=O)N1CCN(Cc2cc(=O)n3ccccc3n2)CC1. The van der Waals surface area contributed by atoms with Crippen molar-refractivity contribution >= 4 is 22.5 Å². The second-order valence-electron chi connectivity index (χ2n) is 8.10. The zero-order valence-electron chi connectivity index (χ0n) is 17.6. The molecule has 1 aliphatic heterocycles. The first-order valence-electron chi connectivity index (χ1n) is 10.6. The summed E-state index contributed by atoms with van der Waals surface area (Å²) in [6.07, 6.45) is 1.73. The van der Waals surface area contributed by atoms with Gasteiger partial charge in [0.25, 0.3) is 5.56 Å². The first-order chi connectivity index (χ1) is 15.1. The van der Waals surface area contributed by atoms with Crippen LogP contribution in [0.15, 0.2) is 65.6 Å². The third kappa shape index (κ3) is 3.84. The minimum Gasteiger partial charge on any atom is -0.339 e. The number of amides is 1. The van der Waals surface area contributed by atoms with Crippen molar-refractivity contribution < 1.29 is 4.79 Å². The molecule has 0 aliphatic carbocycles. The Morgan fingerprint density at radius 2 is 1.77 bits per heavy atom. The zero-order chi connectivity index (χ0) is 21.4. The number of hydrogen-bond donors (Lipinski definition) is 0. The lowest BCUT2D eigenvalue weighted by Gasteiger charge is -2.34. The Kier molecular flexibility index (Phi) is 5.03. The van der Waals surface area contributed by atoms with Gasteiger partial charge in [-0.05, 0) is 36.6 Å². The van der Waals surface area contributed by atoms with Gasteiger partial charge in [0.2, 0.25) is 5.91 Å². The number of pyridine rings is 1. The molecule has 3 aromatic heterocycles. The minimum atomic E-state index is -0.0660. The molecule has 0 unspecified atom stereocenters. The van der Waals surface area contributed by atoms with Crippen LogP contribution >= 0.6 is 0 Å². The summed E-state index contributed by atoms with van der Waals surface area (Å²) in [6.45, 7) is 5.93. The molecule has 1 aromatic carbocycles. The van der Waals surface area contributed by atoms with Crippen molar-refractivity contribution in [3.05, 3.63) is 82.5 Å². The van der Waals surface area contributed by atoms with Crippen LogP contribution in [0.25, 0.3) is 16.6 Å². The standard InChI is InChI=1S/C24H25N5O2/c1-18-14-19-6-2-3-7-21(19)29(18)17-24(31)27-12-10-26(11-13-27)16-20-15-23(30)28-9-5-4-8-22(28)25-20/h2-9,14-15H,10-13,16-17H2,1H3. The highest BCUT2D eigenvalue weighted by molar-refractivity contribution is 5.84. The summed E-state index contributed by atoms with van der Waals surface area (Å²) in [5, 5.41) is 1.16. The molecule has 7 nitrogen and oxygen atoms in total. The van der Waals surface area contributed by atoms with E-state index in [1.807, 2.05) is 42.2 Å². The summed E-state index contributed by atoms with van der Waals surface area (Å²) in [5.74, 6) is 0.145.